The van der Waals surface area contributed by atoms with Crippen molar-refractivity contribution in [1.29, 1.82) is 0 Å². The third-order valence-electron chi connectivity index (χ3n) is 3.56. The fraction of sp³-hybridized carbons (Fsp3) is 0.235. The number of nitrogens with one attached hydrogen (secondary N) is 1. The third kappa shape index (κ3) is 3.05. The molecule has 1 aliphatic carbocycles. The Balaban J connectivity index is 1.76. The first-order valence-corrected chi connectivity index (χ1v) is 7.68. The van der Waals surface area contributed by atoms with Gasteiger partial charge in [0.2, 0.25) is 5.91 Å². The Kier molecular flexibility index (Phi) is 3.79. The number of rotatable bonds is 4. The minimum Gasteiger partial charge on any atom is -0.325 e. The molecule has 0 aliphatic heterocycles. The van der Waals surface area contributed by atoms with Gasteiger partial charge in [-0.3, -0.25) is 4.79 Å². The molecule has 0 spiro atoms. The standard InChI is InChI=1S/C17H17NOS/c1-12-11-14(12)17(19)18-15-9-5-6-10-16(15)20-13-7-3-2-4-8-13/h2-10,12,14H,11H2,1H3,(H,18,19)/t12-,14-/m1/s1. The Bertz CT molecular complexity index is 611. The topological polar surface area (TPSA) is 29.1 Å². The van der Waals surface area contributed by atoms with Crippen LogP contribution >= 0.6 is 11.8 Å². The highest BCUT2D eigenvalue weighted by atomic mass is 32.2. The van der Waals surface area contributed by atoms with E-state index in [0.29, 0.717) is 5.92 Å². The number of para-hydroxylation sites is 1. The highest BCUT2D eigenvalue weighted by Crippen LogP contribution is 2.39. The van der Waals surface area contributed by atoms with E-state index in [4.69, 9.17) is 0 Å². The summed E-state index contributed by atoms with van der Waals surface area (Å²) in [5.74, 6) is 0.882. The summed E-state index contributed by atoms with van der Waals surface area (Å²) in [6.07, 6.45) is 1.01. The van der Waals surface area contributed by atoms with Crippen LogP contribution in [0.5, 0.6) is 0 Å². The summed E-state index contributed by atoms with van der Waals surface area (Å²) < 4.78 is 0. The van der Waals surface area contributed by atoms with Gasteiger partial charge in [-0.05, 0) is 36.6 Å². The average Bonchev–Trinajstić information content (AvgIpc) is 3.19. The van der Waals surface area contributed by atoms with Gasteiger partial charge in [0.25, 0.3) is 0 Å². The zero-order valence-corrected chi connectivity index (χ0v) is 12.2. The minimum absolute atomic E-state index is 0.151. The van der Waals surface area contributed by atoms with Crippen molar-refractivity contribution in [3.05, 3.63) is 54.6 Å². The van der Waals surface area contributed by atoms with Crippen LogP contribution in [-0.2, 0) is 4.79 Å². The van der Waals surface area contributed by atoms with Crippen LogP contribution in [0.4, 0.5) is 5.69 Å². The van der Waals surface area contributed by atoms with E-state index in [0.717, 1.165) is 17.0 Å². The van der Waals surface area contributed by atoms with Gasteiger partial charge in [0.1, 0.15) is 0 Å². The fourth-order valence-corrected chi connectivity index (χ4v) is 3.11. The second-order valence-electron chi connectivity index (χ2n) is 5.22. The van der Waals surface area contributed by atoms with E-state index in [1.54, 1.807) is 11.8 Å². The van der Waals surface area contributed by atoms with Crippen LogP contribution in [0.25, 0.3) is 0 Å². The normalized spacial score (nSPS) is 20.4. The molecule has 3 heteroatoms. The van der Waals surface area contributed by atoms with Gasteiger partial charge in [0.15, 0.2) is 0 Å². The maximum absolute atomic E-state index is 12.1. The summed E-state index contributed by atoms with van der Waals surface area (Å²) in [6, 6.07) is 18.2. The lowest BCUT2D eigenvalue weighted by Crippen LogP contribution is -2.14. The molecule has 1 aliphatic rings. The van der Waals surface area contributed by atoms with Gasteiger partial charge in [-0.2, -0.15) is 0 Å². The van der Waals surface area contributed by atoms with Gasteiger partial charge in [0.05, 0.1) is 5.69 Å². The molecule has 0 radical (unpaired) electrons. The van der Waals surface area contributed by atoms with Crippen LogP contribution in [0.2, 0.25) is 0 Å². The van der Waals surface area contributed by atoms with Gasteiger partial charge >= 0.3 is 0 Å². The molecule has 0 saturated heterocycles. The largest absolute Gasteiger partial charge is 0.325 e. The van der Waals surface area contributed by atoms with Crippen LogP contribution in [0, 0.1) is 11.8 Å². The van der Waals surface area contributed by atoms with Crippen molar-refractivity contribution >= 4 is 23.4 Å². The zero-order valence-electron chi connectivity index (χ0n) is 11.4. The van der Waals surface area contributed by atoms with Crippen LogP contribution < -0.4 is 5.32 Å². The molecule has 1 N–H and O–H groups in total. The lowest BCUT2D eigenvalue weighted by molar-refractivity contribution is -0.117. The van der Waals surface area contributed by atoms with Crippen molar-refractivity contribution < 1.29 is 4.79 Å². The van der Waals surface area contributed by atoms with E-state index >= 15 is 0 Å². The minimum atomic E-state index is 0.151. The lowest BCUT2D eigenvalue weighted by atomic mass is 10.3. The molecule has 20 heavy (non-hydrogen) atoms. The Morgan fingerprint density at radius 2 is 1.75 bits per heavy atom. The van der Waals surface area contributed by atoms with E-state index in [-0.39, 0.29) is 11.8 Å². The van der Waals surface area contributed by atoms with Crippen molar-refractivity contribution in [2.45, 2.75) is 23.1 Å². The Morgan fingerprint density at radius 1 is 1.10 bits per heavy atom. The van der Waals surface area contributed by atoms with E-state index in [1.165, 1.54) is 4.90 Å². The Hall–Kier alpha value is -1.74. The molecule has 0 unspecified atom stereocenters. The van der Waals surface area contributed by atoms with Gasteiger partial charge in [-0.1, -0.05) is 49.0 Å². The summed E-state index contributed by atoms with van der Waals surface area (Å²) in [7, 11) is 0. The molecule has 1 fully saturated rings. The van der Waals surface area contributed by atoms with Crippen LogP contribution in [0.1, 0.15) is 13.3 Å². The number of carbonyl (C=O) groups excluding carboxylic acids is 1. The first-order valence-electron chi connectivity index (χ1n) is 6.87. The SMILES string of the molecule is C[C@@H]1C[C@H]1C(=O)Nc1ccccc1Sc1ccccc1. The molecule has 1 saturated carbocycles. The maximum Gasteiger partial charge on any atom is 0.227 e. The van der Waals surface area contributed by atoms with Gasteiger partial charge in [-0.25, -0.2) is 0 Å². The molecule has 2 aromatic rings. The van der Waals surface area contributed by atoms with Crippen molar-refractivity contribution in [2.75, 3.05) is 5.32 Å². The van der Waals surface area contributed by atoms with E-state index in [1.807, 2.05) is 42.5 Å². The van der Waals surface area contributed by atoms with Crippen molar-refractivity contribution in [3.63, 3.8) is 0 Å². The van der Waals surface area contributed by atoms with Crippen molar-refractivity contribution in [3.8, 4) is 0 Å². The first-order chi connectivity index (χ1) is 9.74. The second-order valence-corrected chi connectivity index (χ2v) is 6.34. The second kappa shape index (κ2) is 5.71. The number of benzene rings is 2. The summed E-state index contributed by atoms with van der Waals surface area (Å²) in [5, 5.41) is 3.06. The number of hydrogen-bond acceptors (Lipinski definition) is 2. The molecule has 3 rings (SSSR count). The summed E-state index contributed by atoms with van der Waals surface area (Å²) >= 11 is 1.67. The summed E-state index contributed by atoms with van der Waals surface area (Å²) in [6.45, 7) is 2.12. The molecule has 2 atom stereocenters. The maximum atomic E-state index is 12.1. The van der Waals surface area contributed by atoms with E-state index in [2.05, 4.69) is 24.4 Å². The molecule has 0 heterocycles. The van der Waals surface area contributed by atoms with E-state index in [9.17, 15) is 4.79 Å². The number of hydrogen-bond donors (Lipinski definition) is 1. The Morgan fingerprint density at radius 3 is 2.45 bits per heavy atom. The molecule has 2 aromatic carbocycles. The smallest absolute Gasteiger partial charge is 0.227 e. The molecular weight excluding hydrogens is 266 g/mol. The monoisotopic (exact) mass is 283 g/mol. The lowest BCUT2D eigenvalue weighted by Gasteiger charge is -2.10. The molecule has 102 valence electrons. The highest BCUT2D eigenvalue weighted by Gasteiger charge is 2.39. The number of anilines is 1. The highest BCUT2D eigenvalue weighted by molar-refractivity contribution is 7.99. The first kappa shape index (κ1) is 13.3. The molecule has 2 nitrogen and oxygen atoms in total. The predicted molar refractivity (Wildman–Crippen MR) is 82.9 cm³/mol. The molecule has 0 bridgehead atoms. The average molecular weight is 283 g/mol. The zero-order chi connectivity index (χ0) is 13.9. The third-order valence-corrected chi connectivity index (χ3v) is 4.65. The van der Waals surface area contributed by atoms with Crippen molar-refractivity contribution in [1.82, 2.24) is 0 Å². The summed E-state index contributed by atoms with van der Waals surface area (Å²) in [4.78, 5) is 14.3. The summed E-state index contributed by atoms with van der Waals surface area (Å²) in [5.41, 5.74) is 0.908. The van der Waals surface area contributed by atoms with E-state index < -0.39 is 0 Å². The van der Waals surface area contributed by atoms with Gasteiger partial charge in [-0.15, -0.1) is 0 Å². The molecular formula is C17H17NOS. The number of amides is 1. The predicted octanol–water partition coefficient (Wildman–Crippen LogP) is 4.43. The molecule has 0 aromatic heterocycles. The molecule has 1 amide bonds. The van der Waals surface area contributed by atoms with Crippen molar-refractivity contribution in [2.24, 2.45) is 11.8 Å². The Labute approximate surface area is 123 Å². The quantitative estimate of drug-likeness (QED) is 0.899. The fourth-order valence-electron chi connectivity index (χ4n) is 2.19. The van der Waals surface area contributed by atoms with Crippen LogP contribution in [0.15, 0.2) is 64.4 Å². The number of carbonyl (C=O) groups is 1. The van der Waals surface area contributed by atoms with Crippen LogP contribution in [0.3, 0.4) is 0 Å². The van der Waals surface area contributed by atoms with Crippen LogP contribution in [-0.4, -0.2) is 5.91 Å². The van der Waals surface area contributed by atoms with Gasteiger partial charge in [0, 0.05) is 15.7 Å². The van der Waals surface area contributed by atoms with Gasteiger partial charge < -0.3 is 5.32 Å².